The first-order valence-electron chi connectivity index (χ1n) is 11.3. The number of rotatable bonds is 2. The highest BCUT2D eigenvalue weighted by Gasteiger charge is 2.81. The summed E-state index contributed by atoms with van der Waals surface area (Å²) in [5.74, 6) is -2.26. The highest BCUT2D eigenvalue weighted by molar-refractivity contribution is 5.89. The molecule has 1 N–H and O–H groups in total. The molecule has 0 aromatic heterocycles. The van der Waals surface area contributed by atoms with E-state index in [1.54, 1.807) is 0 Å². The van der Waals surface area contributed by atoms with E-state index < -0.39 is 45.1 Å². The largest absolute Gasteiger partial charge is 0.454 e. The zero-order valence-corrected chi connectivity index (χ0v) is 19.5. The lowest BCUT2D eigenvalue weighted by Gasteiger charge is -2.54. The molecule has 2 saturated heterocycles. The summed E-state index contributed by atoms with van der Waals surface area (Å²) in [5.41, 5.74) is -4.94. The first-order chi connectivity index (χ1) is 16.5. The third-order valence-electron chi connectivity index (χ3n) is 8.14. The van der Waals surface area contributed by atoms with E-state index in [2.05, 4.69) is 26.8 Å². The first kappa shape index (κ1) is 22.9. The van der Waals surface area contributed by atoms with Gasteiger partial charge in [0.25, 0.3) is 5.69 Å². The fourth-order valence-electron chi connectivity index (χ4n) is 6.22. The molecule has 35 heavy (non-hydrogen) atoms. The Balaban J connectivity index is 1.76. The molecule has 180 valence electrons. The van der Waals surface area contributed by atoms with Crippen LogP contribution in [0.1, 0.15) is 51.7 Å². The normalized spacial score (nSPS) is 34.1. The predicted octanol–water partition coefficient (Wildman–Crippen LogP) is 4.10. The minimum absolute atomic E-state index is 0.101. The molecule has 0 amide bonds. The van der Waals surface area contributed by atoms with Gasteiger partial charge in [-0.3, -0.25) is 15.5 Å². The van der Waals surface area contributed by atoms with Gasteiger partial charge in [0.2, 0.25) is 23.9 Å². The van der Waals surface area contributed by atoms with Crippen molar-refractivity contribution in [2.45, 2.75) is 51.9 Å². The summed E-state index contributed by atoms with van der Waals surface area (Å²) in [4.78, 5) is 11.4. The topological polar surface area (TPSA) is 175 Å². The Morgan fingerprint density at radius 2 is 1.80 bits per heavy atom. The zero-order chi connectivity index (χ0) is 25.4. The number of benzene rings is 1. The molecule has 2 bridgehead atoms. The SMILES string of the molecule is CC(C)(C)C1CCC23OC(=N)C(C#N)(C2C1)C(C#N)(C#N)C(c1cc2c(cc1[N+](=O)[O-])OCO2)O3. The number of nitrogens with one attached hydrogen (secondary N) is 1. The van der Waals surface area contributed by atoms with Crippen LogP contribution in [0.2, 0.25) is 0 Å². The van der Waals surface area contributed by atoms with Gasteiger partial charge in [-0.2, -0.15) is 15.8 Å². The third-order valence-corrected chi connectivity index (χ3v) is 8.14. The Hall–Kier alpha value is -3.88. The standard InChI is InChI=1S/C24H23N5O6/c1-21(2,3)13-4-5-24-18(6-13)23(11-27,20(28)35-24)22(9-25,10-26)19(34-24)14-7-16-17(33-12-32-16)8-15(14)29(30)31/h7-8,13,18-19,28H,4-6,12H2,1-3H3. The predicted molar refractivity (Wildman–Crippen MR) is 117 cm³/mol. The number of hydrogen-bond acceptors (Lipinski definition) is 10. The summed E-state index contributed by atoms with van der Waals surface area (Å²) < 4.78 is 23.0. The fraction of sp³-hybridized carbons (Fsp3) is 0.583. The summed E-state index contributed by atoms with van der Waals surface area (Å²) in [7, 11) is 0. The molecule has 5 unspecified atom stereocenters. The quantitative estimate of drug-likeness (QED) is 0.485. The van der Waals surface area contributed by atoms with Crippen LogP contribution in [-0.4, -0.2) is 23.4 Å². The van der Waals surface area contributed by atoms with Crippen LogP contribution in [0.25, 0.3) is 0 Å². The van der Waals surface area contributed by atoms with Crippen LogP contribution in [0.4, 0.5) is 5.69 Å². The van der Waals surface area contributed by atoms with Gasteiger partial charge in [-0.15, -0.1) is 0 Å². The average molecular weight is 477 g/mol. The molecule has 1 aromatic carbocycles. The van der Waals surface area contributed by atoms with Crippen LogP contribution in [0.15, 0.2) is 12.1 Å². The second kappa shape index (κ2) is 7.07. The molecule has 1 saturated carbocycles. The molecule has 5 atom stereocenters. The van der Waals surface area contributed by atoms with Gasteiger partial charge in [-0.05, 0) is 30.2 Å². The van der Waals surface area contributed by atoms with Gasteiger partial charge in [0, 0.05) is 6.42 Å². The number of ether oxygens (including phenoxy) is 4. The van der Waals surface area contributed by atoms with Gasteiger partial charge < -0.3 is 18.9 Å². The van der Waals surface area contributed by atoms with Crippen molar-refractivity contribution < 1.29 is 23.9 Å². The lowest BCUT2D eigenvalue weighted by molar-refractivity contribution is -0.388. The average Bonchev–Trinajstić information content (AvgIpc) is 3.35. The molecule has 3 fully saturated rings. The highest BCUT2D eigenvalue weighted by Crippen LogP contribution is 2.71. The number of fused-ring (bicyclic) bond motifs is 1. The maximum absolute atomic E-state index is 12.0. The van der Waals surface area contributed by atoms with Crippen LogP contribution >= 0.6 is 0 Å². The summed E-state index contributed by atoms with van der Waals surface area (Å²) in [5, 5.41) is 52.2. The molecule has 0 spiro atoms. The maximum atomic E-state index is 12.0. The summed E-state index contributed by atoms with van der Waals surface area (Å²) in [6.07, 6.45) is -0.165. The number of nitro benzene ring substituents is 1. The van der Waals surface area contributed by atoms with Crippen molar-refractivity contribution in [3.8, 4) is 29.7 Å². The molecule has 11 heteroatoms. The van der Waals surface area contributed by atoms with Crippen LogP contribution < -0.4 is 9.47 Å². The van der Waals surface area contributed by atoms with E-state index in [1.165, 1.54) is 6.07 Å². The minimum Gasteiger partial charge on any atom is -0.454 e. The van der Waals surface area contributed by atoms with E-state index >= 15 is 0 Å². The summed E-state index contributed by atoms with van der Waals surface area (Å²) in [6.45, 7) is 6.09. The Morgan fingerprint density at radius 3 is 2.37 bits per heavy atom. The molecule has 3 heterocycles. The monoisotopic (exact) mass is 477 g/mol. The van der Waals surface area contributed by atoms with Crippen molar-refractivity contribution in [3.63, 3.8) is 0 Å². The second-order valence-electron chi connectivity index (χ2n) is 10.6. The Labute approximate surface area is 201 Å². The summed E-state index contributed by atoms with van der Waals surface area (Å²) >= 11 is 0. The van der Waals surface area contributed by atoms with Crippen molar-refractivity contribution in [2.75, 3.05) is 6.79 Å². The lowest BCUT2D eigenvalue weighted by atomic mass is 9.49. The first-order valence-corrected chi connectivity index (χ1v) is 11.3. The number of nitriles is 3. The van der Waals surface area contributed by atoms with Crippen LogP contribution in [0.3, 0.4) is 0 Å². The maximum Gasteiger partial charge on any atom is 0.279 e. The van der Waals surface area contributed by atoms with Gasteiger partial charge in [-0.25, -0.2) is 0 Å². The van der Waals surface area contributed by atoms with Gasteiger partial charge >= 0.3 is 0 Å². The van der Waals surface area contributed by atoms with E-state index in [4.69, 9.17) is 24.4 Å². The van der Waals surface area contributed by atoms with Crippen molar-refractivity contribution in [1.82, 2.24) is 0 Å². The van der Waals surface area contributed by atoms with Gasteiger partial charge in [0.1, 0.15) is 6.10 Å². The number of nitrogens with zero attached hydrogens (tertiary/aromatic N) is 4. The molecule has 1 aliphatic carbocycles. The van der Waals surface area contributed by atoms with Crippen molar-refractivity contribution in [1.29, 1.82) is 21.2 Å². The van der Waals surface area contributed by atoms with E-state index in [0.717, 1.165) is 6.07 Å². The third kappa shape index (κ3) is 2.69. The molecule has 1 aromatic rings. The van der Waals surface area contributed by atoms with Crippen molar-refractivity contribution in [3.05, 3.63) is 27.8 Å². The molecule has 5 rings (SSSR count). The Bertz CT molecular complexity index is 1270. The van der Waals surface area contributed by atoms with Gasteiger partial charge in [0.05, 0.1) is 40.7 Å². The Morgan fingerprint density at radius 1 is 1.14 bits per heavy atom. The van der Waals surface area contributed by atoms with Crippen molar-refractivity contribution >= 4 is 11.6 Å². The molecule has 4 aliphatic rings. The van der Waals surface area contributed by atoms with Crippen molar-refractivity contribution in [2.24, 2.45) is 28.1 Å². The smallest absolute Gasteiger partial charge is 0.279 e. The Kier molecular flexibility index (Phi) is 4.62. The van der Waals surface area contributed by atoms with Crippen LogP contribution in [0, 0.1) is 77.6 Å². The van der Waals surface area contributed by atoms with E-state index in [-0.39, 0.29) is 35.2 Å². The molecule has 3 aliphatic heterocycles. The fourth-order valence-corrected chi connectivity index (χ4v) is 6.22. The summed E-state index contributed by atoms with van der Waals surface area (Å²) in [6, 6.07) is 8.52. The zero-order valence-electron chi connectivity index (χ0n) is 19.5. The number of nitro groups is 1. The second-order valence-corrected chi connectivity index (χ2v) is 10.6. The van der Waals surface area contributed by atoms with Gasteiger partial charge in [0.15, 0.2) is 16.9 Å². The molecule has 11 nitrogen and oxygen atoms in total. The van der Waals surface area contributed by atoms with Crippen LogP contribution in [0.5, 0.6) is 11.5 Å². The van der Waals surface area contributed by atoms with Gasteiger partial charge in [-0.1, -0.05) is 20.8 Å². The minimum atomic E-state index is -2.29. The highest BCUT2D eigenvalue weighted by atomic mass is 16.7. The number of hydrogen-bond donors (Lipinski definition) is 1. The molecular formula is C24H23N5O6. The van der Waals surface area contributed by atoms with E-state index in [9.17, 15) is 25.9 Å². The molecule has 0 radical (unpaired) electrons. The van der Waals surface area contributed by atoms with Crippen LogP contribution in [-0.2, 0) is 9.47 Å². The van der Waals surface area contributed by atoms with E-state index in [1.807, 2.05) is 12.1 Å². The molecular weight excluding hydrogens is 454 g/mol. The van der Waals surface area contributed by atoms with E-state index in [0.29, 0.717) is 19.3 Å². The lowest BCUT2D eigenvalue weighted by Crippen LogP contribution is -2.61.